The van der Waals surface area contributed by atoms with Gasteiger partial charge in [-0.05, 0) is 31.4 Å². The molecule has 1 amide bonds. The highest BCUT2D eigenvalue weighted by molar-refractivity contribution is 5.95. The van der Waals surface area contributed by atoms with Crippen molar-refractivity contribution in [2.24, 2.45) is 0 Å². The van der Waals surface area contributed by atoms with E-state index in [-0.39, 0.29) is 18.0 Å². The molecular weight excluding hydrogens is 316 g/mol. The molecule has 5 heteroatoms. The van der Waals surface area contributed by atoms with E-state index in [1.165, 1.54) is 0 Å². The molecule has 0 bridgehead atoms. The van der Waals surface area contributed by atoms with Crippen molar-refractivity contribution in [3.05, 3.63) is 54.1 Å². The Labute approximate surface area is 148 Å². The minimum Gasteiger partial charge on any atom is -0.480 e. The van der Waals surface area contributed by atoms with Crippen molar-refractivity contribution in [3.8, 4) is 0 Å². The fourth-order valence-electron chi connectivity index (χ4n) is 3.76. The molecule has 2 N–H and O–H groups in total. The highest BCUT2D eigenvalue weighted by atomic mass is 16.4. The summed E-state index contributed by atoms with van der Waals surface area (Å²) < 4.78 is 0. The maximum absolute atomic E-state index is 12.4. The van der Waals surface area contributed by atoms with E-state index >= 15 is 0 Å². The SMILES string of the molecule is CCC(=O)N1c2ccccc2[C@H](NC2(C(=O)O)C=CC=CC2)C[C@@H]1C. The zero-order chi connectivity index (χ0) is 18.0. The van der Waals surface area contributed by atoms with Gasteiger partial charge in [0.05, 0.1) is 0 Å². The summed E-state index contributed by atoms with van der Waals surface area (Å²) in [5.41, 5.74) is 0.746. The summed E-state index contributed by atoms with van der Waals surface area (Å²) in [4.78, 5) is 26.2. The lowest BCUT2D eigenvalue weighted by Gasteiger charge is -2.42. The maximum atomic E-state index is 12.4. The maximum Gasteiger partial charge on any atom is 0.328 e. The van der Waals surface area contributed by atoms with E-state index in [0.29, 0.717) is 19.3 Å². The van der Waals surface area contributed by atoms with Crippen LogP contribution in [0, 0.1) is 0 Å². The largest absolute Gasteiger partial charge is 0.480 e. The van der Waals surface area contributed by atoms with Crippen LogP contribution in [-0.2, 0) is 9.59 Å². The molecule has 132 valence electrons. The van der Waals surface area contributed by atoms with Crippen LogP contribution in [0.4, 0.5) is 5.69 Å². The number of allylic oxidation sites excluding steroid dienone is 2. The molecule has 0 aromatic heterocycles. The summed E-state index contributed by atoms with van der Waals surface area (Å²) >= 11 is 0. The number of hydrogen-bond acceptors (Lipinski definition) is 3. The number of aliphatic carboxylic acids is 1. The number of carbonyl (C=O) groups excluding carboxylic acids is 1. The molecule has 25 heavy (non-hydrogen) atoms. The lowest BCUT2D eigenvalue weighted by molar-refractivity contribution is -0.143. The molecule has 0 saturated heterocycles. The van der Waals surface area contributed by atoms with Crippen molar-refractivity contribution in [1.29, 1.82) is 0 Å². The van der Waals surface area contributed by atoms with Crippen LogP contribution in [0.15, 0.2) is 48.6 Å². The first-order valence-corrected chi connectivity index (χ1v) is 8.75. The van der Waals surface area contributed by atoms with Crippen molar-refractivity contribution in [2.75, 3.05) is 4.90 Å². The molecular formula is C20H24N2O3. The third-order valence-corrected chi connectivity index (χ3v) is 5.04. The van der Waals surface area contributed by atoms with E-state index in [4.69, 9.17) is 0 Å². The molecule has 3 atom stereocenters. The quantitative estimate of drug-likeness (QED) is 0.883. The van der Waals surface area contributed by atoms with E-state index in [0.717, 1.165) is 11.3 Å². The van der Waals surface area contributed by atoms with Crippen molar-refractivity contribution in [2.45, 2.75) is 50.7 Å². The number of amides is 1. The molecule has 1 heterocycles. The van der Waals surface area contributed by atoms with Crippen LogP contribution >= 0.6 is 0 Å². The number of fused-ring (bicyclic) bond motifs is 1. The van der Waals surface area contributed by atoms with Crippen LogP contribution in [-0.4, -0.2) is 28.6 Å². The number of hydrogen-bond donors (Lipinski definition) is 2. The Morgan fingerprint density at radius 3 is 2.72 bits per heavy atom. The standard InChI is InChI=1S/C20H24N2O3/c1-3-18(23)22-14(2)13-16(15-9-5-6-10-17(15)22)21-20(19(24)25)11-7-4-8-12-20/h4-11,14,16,21H,3,12-13H2,1-2H3,(H,24,25)/t14-,16+,20?/m0/s1. The zero-order valence-corrected chi connectivity index (χ0v) is 14.6. The van der Waals surface area contributed by atoms with Gasteiger partial charge in [-0.25, -0.2) is 4.79 Å². The molecule has 1 unspecified atom stereocenters. The van der Waals surface area contributed by atoms with Gasteiger partial charge in [0.2, 0.25) is 5.91 Å². The predicted octanol–water partition coefficient (Wildman–Crippen LogP) is 3.19. The van der Waals surface area contributed by atoms with Crippen LogP contribution in [0.3, 0.4) is 0 Å². The Morgan fingerprint density at radius 1 is 1.32 bits per heavy atom. The fraction of sp³-hybridized carbons (Fsp3) is 0.400. The van der Waals surface area contributed by atoms with Gasteiger partial charge in [-0.2, -0.15) is 0 Å². The van der Waals surface area contributed by atoms with Gasteiger partial charge in [0, 0.05) is 24.2 Å². The summed E-state index contributed by atoms with van der Waals surface area (Å²) in [5.74, 6) is -0.794. The summed E-state index contributed by atoms with van der Waals surface area (Å²) in [5, 5.41) is 13.2. The molecule has 1 aromatic carbocycles. The second kappa shape index (κ2) is 6.84. The van der Waals surface area contributed by atoms with Gasteiger partial charge in [0.1, 0.15) is 5.54 Å². The van der Waals surface area contributed by atoms with E-state index < -0.39 is 11.5 Å². The smallest absolute Gasteiger partial charge is 0.328 e. The number of carbonyl (C=O) groups is 2. The average molecular weight is 340 g/mol. The Hall–Kier alpha value is -2.40. The molecule has 1 aromatic rings. The number of carboxylic acids is 1. The van der Waals surface area contributed by atoms with Crippen molar-refractivity contribution in [1.82, 2.24) is 5.32 Å². The lowest BCUT2D eigenvalue weighted by Crippen LogP contribution is -2.55. The van der Waals surface area contributed by atoms with E-state index in [9.17, 15) is 14.7 Å². The van der Waals surface area contributed by atoms with Crippen LogP contribution in [0.1, 0.15) is 44.7 Å². The third-order valence-electron chi connectivity index (χ3n) is 5.04. The molecule has 0 saturated carbocycles. The van der Waals surface area contributed by atoms with Gasteiger partial charge in [0.15, 0.2) is 0 Å². The van der Waals surface area contributed by atoms with Crippen LogP contribution < -0.4 is 10.2 Å². The number of para-hydroxylation sites is 1. The molecule has 0 radical (unpaired) electrons. The minimum absolute atomic E-state index is 0.00815. The number of nitrogens with one attached hydrogen (secondary N) is 1. The Morgan fingerprint density at radius 2 is 2.08 bits per heavy atom. The minimum atomic E-state index is -1.11. The number of rotatable bonds is 4. The number of benzene rings is 1. The topological polar surface area (TPSA) is 69.6 Å². The van der Waals surface area contributed by atoms with Gasteiger partial charge in [0.25, 0.3) is 0 Å². The average Bonchev–Trinajstić information content (AvgIpc) is 2.62. The van der Waals surface area contributed by atoms with E-state index in [1.807, 2.05) is 55.2 Å². The number of carboxylic acid groups (broad SMARTS) is 1. The van der Waals surface area contributed by atoms with E-state index in [2.05, 4.69) is 5.32 Å². The lowest BCUT2D eigenvalue weighted by atomic mass is 9.85. The summed E-state index contributed by atoms with van der Waals surface area (Å²) in [6.07, 6.45) is 8.75. The second-order valence-electron chi connectivity index (χ2n) is 6.73. The summed E-state index contributed by atoms with van der Waals surface area (Å²) in [7, 11) is 0. The van der Waals surface area contributed by atoms with Crippen molar-refractivity contribution in [3.63, 3.8) is 0 Å². The van der Waals surface area contributed by atoms with Crippen LogP contribution in [0.25, 0.3) is 0 Å². The first kappa shape index (κ1) is 17.4. The van der Waals surface area contributed by atoms with Crippen molar-refractivity contribution < 1.29 is 14.7 Å². The fourth-order valence-corrected chi connectivity index (χ4v) is 3.76. The van der Waals surface area contributed by atoms with Gasteiger partial charge in [-0.1, -0.05) is 49.4 Å². The zero-order valence-electron chi connectivity index (χ0n) is 14.6. The third kappa shape index (κ3) is 3.12. The van der Waals surface area contributed by atoms with Crippen LogP contribution in [0.5, 0.6) is 0 Å². The number of nitrogens with zero attached hydrogens (tertiary/aromatic N) is 1. The molecule has 0 spiro atoms. The first-order valence-electron chi connectivity index (χ1n) is 8.75. The molecule has 1 aliphatic carbocycles. The second-order valence-corrected chi connectivity index (χ2v) is 6.73. The summed E-state index contributed by atoms with van der Waals surface area (Å²) in [6, 6.07) is 7.65. The molecule has 0 fully saturated rings. The summed E-state index contributed by atoms with van der Waals surface area (Å²) in [6.45, 7) is 3.88. The monoisotopic (exact) mass is 340 g/mol. The Bertz CT molecular complexity index is 740. The van der Waals surface area contributed by atoms with Gasteiger partial charge >= 0.3 is 5.97 Å². The normalized spacial score (nSPS) is 27.8. The molecule has 5 nitrogen and oxygen atoms in total. The van der Waals surface area contributed by atoms with E-state index in [1.54, 1.807) is 12.2 Å². The Kier molecular flexibility index (Phi) is 4.77. The van der Waals surface area contributed by atoms with Gasteiger partial charge in [-0.3, -0.25) is 10.1 Å². The van der Waals surface area contributed by atoms with Gasteiger partial charge in [-0.15, -0.1) is 0 Å². The van der Waals surface area contributed by atoms with Crippen molar-refractivity contribution >= 4 is 17.6 Å². The van der Waals surface area contributed by atoms with Crippen LogP contribution in [0.2, 0.25) is 0 Å². The van der Waals surface area contributed by atoms with Gasteiger partial charge < -0.3 is 10.0 Å². The predicted molar refractivity (Wildman–Crippen MR) is 97.4 cm³/mol. The highest BCUT2D eigenvalue weighted by Crippen LogP contribution is 2.39. The number of anilines is 1. The molecule has 2 aliphatic rings. The molecule has 1 aliphatic heterocycles. The first-order chi connectivity index (χ1) is 12.0. The molecule has 3 rings (SSSR count). The highest BCUT2D eigenvalue weighted by Gasteiger charge is 2.41. The Balaban J connectivity index is 1.97.